The number of hydrazone groups is 1. The van der Waals surface area contributed by atoms with Crippen molar-refractivity contribution in [3.05, 3.63) is 71.5 Å². The van der Waals surface area contributed by atoms with E-state index in [4.69, 9.17) is 19.0 Å². The Balaban J connectivity index is 1.58. The first-order chi connectivity index (χ1) is 14.5. The maximum absolute atomic E-state index is 12.1. The van der Waals surface area contributed by atoms with E-state index in [0.29, 0.717) is 23.0 Å². The molecule has 0 atom stereocenters. The van der Waals surface area contributed by atoms with Crippen LogP contribution in [0.1, 0.15) is 21.7 Å². The Labute approximate surface area is 172 Å². The zero-order chi connectivity index (χ0) is 21.5. The van der Waals surface area contributed by atoms with E-state index < -0.39 is 5.97 Å². The standard InChI is InChI=1S/C22H20N2O6/c1-28-19-9-3-14(11-20(19)29-2)12-21(25)24-23-13-17-8-10-18(30-17)15-4-6-16(7-5-15)22(26)27/h3-11,13H,12H2,1-2H3,(H,24,25)(H,26,27)/b23-13-. The van der Waals surface area contributed by atoms with Gasteiger partial charge in [-0.1, -0.05) is 18.2 Å². The average Bonchev–Trinajstić information content (AvgIpc) is 3.22. The number of ether oxygens (including phenoxy) is 2. The van der Waals surface area contributed by atoms with E-state index in [1.165, 1.54) is 25.5 Å². The lowest BCUT2D eigenvalue weighted by molar-refractivity contribution is -0.120. The number of carboxylic acid groups (broad SMARTS) is 1. The molecule has 0 radical (unpaired) electrons. The maximum Gasteiger partial charge on any atom is 0.335 e. The molecule has 0 unspecified atom stereocenters. The molecule has 1 heterocycles. The van der Waals surface area contributed by atoms with Gasteiger partial charge < -0.3 is 19.0 Å². The third-order valence-electron chi connectivity index (χ3n) is 4.24. The van der Waals surface area contributed by atoms with Gasteiger partial charge in [-0.2, -0.15) is 5.10 Å². The van der Waals surface area contributed by atoms with Crippen LogP contribution in [0.4, 0.5) is 0 Å². The Morgan fingerprint density at radius 1 is 1.03 bits per heavy atom. The van der Waals surface area contributed by atoms with E-state index >= 15 is 0 Å². The summed E-state index contributed by atoms with van der Waals surface area (Å²) in [5.74, 6) is 0.854. The molecule has 1 aromatic heterocycles. The van der Waals surface area contributed by atoms with E-state index in [-0.39, 0.29) is 17.9 Å². The third kappa shape index (κ3) is 5.05. The molecule has 0 saturated heterocycles. The van der Waals surface area contributed by atoms with Crippen LogP contribution in [0.2, 0.25) is 0 Å². The molecule has 30 heavy (non-hydrogen) atoms. The molecule has 0 aliphatic rings. The Hall–Kier alpha value is -4.07. The number of nitrogens with one attached hydrogen (secondary N) is 1. The Morgan fingerprint density at radius 2 is 1.77 bits per heavy atom. The molecule has 0 saturated carbocycles. The van der Waals surface area contributed by atoms with Gasteiger partial charge in [0, 0.05) is 5.56 Å². The molecule has 0 fully saturated rings. The Bertz CT molecular complexity index is 1070. The summed E-state index contributed by atoms with van der Waals surface area (Å²) in [5, 5.41) is 12.9. The predicted octanol–water partition coefficient (Wildman–Crippen LogP) is 3.35. The number of methoxy groups -OCH3 is 2. The molecule has 0 aliphatic carbocycles. The fourth-order valence-electron chi connectivity index (χ4n) is 2.74. The highest BCUT2D eigenvalue weighted by molar-refractivity contribution is 5.88. The van der Waals surface area contributed by atoms with Crippen molar-refractivity contribution >= 4 is 18.1 Å². The molecule has 2 aromatic carbocycles. The second-order valence-electron chi connectivity index (χ2n) is 6.24. The van der Waals surface area contributed by atoms with E-state index in [9.17, 15) is 9.59 Å². The highest BCUT2D eigenvalue weighted by Gasteiger charge is 2.09. The van der Waals surface area contributed by atoms with Crippen LogP contribution in [-0.4, -0.2) is 37.4 Å². The van der Waals surface area contributed by atoms with Crippen molar-refractivity contribution in [2.45, 2.75) is 6.42 Å². The molecule has 1 amide bonds. The van der Waals surface area contributed by atoms with Gasteiger partial charge in [-0.3, -0.25) is 4.79 Å². The smallest absolute Gasteiger partial charge is 0.335 e. The summed E-state index contributed by atoms with van der Waals surface area (Å²) in [6, 6.07) is 15.0. The molecule has 154 valence electrons. The zero-order valence-electron chi connectivity index (χ0n) is 16.4. The van der Waals surface area contributed by atoms with E-state index in [1.807, 2.05) is 0 Å². The Morgan fingerprint density at radius 3 is 2.43 bits per heavy atom. The lowest BCUT2D eigenvalue weighted by atomic mass is 10.1. The summed E-state index contributed by atoms with van der Waals surface area (Å²) in [4.78, 5) is 23.0. The Kier molecular flexibility index (Phi) is 6.49. The van der Waals surface area contributed by atoms with Crippen LogP contribution < -0.4 is 14.9 Å². The van der Waals surface area contributed by atoms with Crippen molar-refractivity contribution in [1.82, 2.24) is 5.43 Å². The zero-order valence-corrected chi connectivity index (χ0v) is 16.4. The van der Waals surface area contributed by atoms with Crippen LogP contribution in [0.25, 0.3) is 11.3 Å². The van der Waals surface area contributed by atoms with Gasteiger partial charge in [0.25, 0.3) is 0 Å². The van der Waals surface area contributed by atoms with Gasteiger partial charge in [0.1, 0.15) is 11.5 Å². The fraction of sp³-hybridized carbons (Fsp3) is 0.136. The number of nitrogens with zero attached hydrogens (tertiary/aromatic N) is 1. The lowest BCUT2D eigenvalue weighted by Crippen LogP contribution is -2.19. The minimum Gasteiger partial charge on any atom is -0.493 e. The first-order valence-corrected chi connectivity index (χ1v) is 8.96. The van der Waals surface area contributed by atoms with Crippen LogP contribution in [0.15, 0.2) is 64.1 Å². The second-order valence-corrected chi connectivity index (χ2v) is 6.24. The predicted molar refractivity (Wildman–Crippen MR) is 110 cm³/mol. The van der Waals surface area contributed by atoms with Crippen LogP contribution in [-0.2, 0) is 11.2 Å². The van der Waals surface area contributed by atoms with Crippen molar-refractivity contribution in [1.29, 1.82) is 0 Å². The minimum absolute atomic E-state index is 0.122. The highest BCUT2D eigenvalue weighted by atomic mass is 16.5. The molecular formula is C22H20N2O6. The number of hydrogen-bond donors (Lipinski definition) is 2. The van der Waals surface area contributed by atoms with Gasteiger partial charge in [0.05, 0.1) is 32.4 Å². The number of carboxylic acids is 1. The molecule has 0 bridgehead atoms. The summed E-state index contributed by atoms with van der Waals surface area (Å²) >= 11 is 0. The normalized spacial score (nSPS) is 10.7. The number of carbonyl (C=O) groups excluding carboxylic acids is 1. The monoisotopic (exact) mass is 408 g/mol. The summed E-state index contributed by atoms with van der Waals surface area (Å²) in [5.41, 5.74) is 4.13. The van der Waals surface area contributed by atoms with E-state index in [1.54, 1.807) is 49.6 Å². The third-order valence-corrected chi connectivity index (χ3v) is 4.24. The maximum atomic E-state index is 12.1. The van der Waals surface area contributed by atoms with Crippen molar-refractivity contribution in [3.63, 3.8) is 0 Å². The summed E-state index contributed by atoms with van der Waals surface area (Å²) in [7, 11) is 3.08. The molecule has 3 aromatic rings. The molecule has 8 heteroatoms. The van der Waals surface area contributed by atoms with Gasteiger partial charge in [0.2, 0.25) is 5.91 Å². The van der Waals surface area contributed by atoms with Gasteiger partial charge in [0.15, 0.2) is 11.5 Å². The minimum atomic E-state index is -0.988. The van der Waals surface area contributed by atoms with Gasteiger partial charge >= 0.3 is 5.97 Å². The first kappa shape index (κ1) is 20.7. The highest BCUT2D eigenvalue weighted by Crippen LogP contribution is 2.27. The lowest BCUT2D eigenvalue weighted by Gasteiger charge is -2.09. The number of amides is 1. The molecular weight excluding hydrogens is 388 g/mol. The largest absolute Gasteiger partial charge is 0.493 e. The van der Waals surface area contributed by atoms with Crippen molar-refractivity contribution < 1.29 is 28.6 Å². The fourth-order valence-corrected chi connectivity index (χ4v) is 2.74. The summed E-state index contributed by atoms with van der Waals surface area (Å²) in [6.07, 6.45) is 1.51. The van der Waals surface area contributed by atoms with Crippen LogP contribution in [0.3, 0.4) is 0 Å². The molecule has 0 aliphatic heterocycles. The molecule has 3 rings (SSSR count). The van der Waals surface area contributed by atoms with E-state index in [2.05, 4.69) is 10.5 Å². The quantitative estimate of drug-likeness (QED) is 0.437. The topological polar surface area (TPSA) is 110 Å². The molecule has 8 nitrogen and oxygen atoms in total. The van der Waals surface area contributed by atoms with Crippen LogP contribution in [0, 0.1) is 0 Å². The number of benzene rings is 2. The second kappa shape index (κ2) is 9.42. The number of hydrogen-bond acceptors (Lipinski definition) is 6. The SMILES string of the molecule is COc1ccc(CC(=O)N/N=C\c2ccc(-c3ccc(C(=O)O)cc3)o2)cc1OC. The van der Waals surface area contributed by atoms with Crippen molar-refractivity contribution in [2.24, 2.45) is 5.10 Å². The summed E-state index contributed by atoms with van der Waals surface area (Å²) < 4.78 is 16.0. The number of carbonyl (C=O) groups is 2. The first-order valence-electron chi connectivity index (χ1n) is 8.96. The van der Waals surface area contributed by atoms with Gasteiger partial charge in [-0.15, -0.1) is 0 Å². The number of rotatable bonds is 8. The van der Waals surface area contributed by atoms with Gasteiger partial charge in [-0.05, 0) is 42.0 Å². The molecule has 0 spiro atoms. The summed E-state index contributed by atoms with van der Waals surface area (Å²) in [6.45, 7) is 0. The van der Waals surface area contributed by atoms with Crippen LogP contribution >= 0.6 is 0 Å². The van der Waals surface area contributed by atoms with Crippen molar-refractivity contribution in [2.75, 3.05) is 14.2 Å². The number of furan rings is 1. The molecule has 2 N–H and O–H groups in total. The average molecular weight is 408 g/mol. The van der Waals surface area contributed by atoms with Gasteiger partial charge in [-0.25, -0.2) is 10.2 Å². The number of aromatic carboxylic acids is 1. The van der Waals surface area contributed by atoms with E-state index in [0.717, 1.165) is 11.1 Å². The van der Waals surface area contributed by atoms with Crippen molar-refractivity contribution in [3.8, 4) is 22.8 Å². The van der Waals surface area contributed by atoms with Crippen LogP contribution in [0.5, 0.6) is 11.5 Å².